The molecule has 0 unspecified atom stereocenters. The fraction of sp³-hybridized carbons (Fsp3) is 0.133. The van der Waals surface area contributed by atoms with Crippen LogP contribution < -0.4 is 5.32 Å². The number of nitrogens with one attached hydrogen (secondary N) is 2. The van der Waals surface area contributed by atoms with E-state index in [0.717, 1.165) is 49.8 Å². The quantitative estimate of drug-likeness (QED) is 0.206. The zero-order valence-corrected chi connectivity index (χ0v) is 20.8. The summed E-state index contributed by atoms with van der Waals surface area (Å²) in [5, 5.41) is 10.1. The van der Waals surface area contributed by atoms with Gasteiger partial charge < -0.3 is 10.3 Å². The van der Waals surface area contributed by atoms with Gasteiger partial charge in [0.2, 0.25) is 0 Å². The number of carbonyl (C=O) groups excluding carboxylic acids is 1. The number of para-hydroxylation sites is 1. The summed E-state index contributed by atoms with van der Waals surface area (Å²) in [6.45, 7) is 1.02. The lowest BCUT2D eigenvalue weighted by molar-refractivity contribution is 0.0979. The fourth-order valence-electron chi connectivity index (χ4n) is 4.87. The van der Waals surface area contributed by atoms with Crippen LogP contribution in [-0.2, 0) is 13.6 Å². The summed E-state index contributed by atoms with van der Waals surface area (Å²) in [6.07, 6.45) is 7.52. The molecule has 38 heavy (non-hydrogen) atoms. The van der Waals surface area contributed by atoms with Gasteiger partial charge in [0.1, 0.15) is 17.2 Å². The van der Waals surface area contributed by atoms with Gasteiger partial charge in [-0.3, -0.25) is 19.4 Å². The van der Waals surface area contributed by atoms with E-state index in [4.69, 9.17) is 0 Å². The molecule has 4 aromatic heterocycles. The van der Waals surface area contributed by atoms with Crippen molar-refractivity contribution in [1.82, 2.24) is 30.0 Å². The number of aromatic amines is 1. The molecule has 0 atom stereocenters. The highest BCUT2D eigenvalue weighted by Gasteiger charge is 2.17. The maximum atomic E-state index is 13.5. The van der Waals surface area contributed by atoms with Crippen molar-refractivity contribution in [3.8, 4) is 22.4 Å². The van der Waals surface area contributed by atoms with Crippen molar-refractivity contribution in [2.75, 3.05) is 6.54 Å². The lowest BCUT2D eigenvalue weighted by Crippen LogP contribution is -2.19. The minimum Gasteiger partial charge on any atom is -0.353 e. The van der Waals surface area contributed by atoms with Gasteiger partial charge in [-0.05, 0) is 53.6 Å². The van der Waals surface area contributed by atoms with Gasteiger partial charge in [-0.15, -0.1) is 0 Å². The maximum absolute atomic E-state index is 13.5. The van der Waals surface area contributed by atoms with Gasteiger partial charge >= 0.3 is 0 Å². The number of carbonyl (C=O) groups is 1. The predicted octanol–water partition coefficient (Wildman–Crippen LogP) is 5.68. The molecule has 2 aromatic carbocycles. The van der Waals surface area contributed by atoms with Gasteiger partial charge in [0.05, 0.1) is 5.52 Å². The van der Waals surface area contributed by atoms with E-state index in [1.54, 1.807) is 29.2 Å². The average Bonchev–Trinajstić information content (AvgIpc) is 3.52. The Balaban J connectivity index is 1.18. The van der Waals surface area contributed by atoms with Gasteiger partial charge in [0, 0.05) is 78.8 Å². The summed E-state index contributed by atoms with van der Waals surface area (Å²) < 4.78 is 15.2. The Kier molecular flexibility index (Phi) is 6.23. The molecule has 0 amide bonds. The van der Waals surface area contributed by atoms with Crippen molar-refractivity contribution < 1.29 is 9.18 Å². The number of benzene rings is 2. The first-order valence-electron chi connectivity index (χ1n) is 12.4. The van der Waals surface area contributed by atoms with Crippen LogP contribution in [0, 0.1) is 5.82 Å². The molecule has 6 rings (SSSR count). The van der Waals surface area contributed by atoms with E-state index in [0.29, 0.717) is 25.2 Å². The van der Waals surface area contributed by atoms with Crippen molar-refractivity contribution in [3.05, 3.63) is 103 Å². The summed E-state index contributed by atoms with van der Waals surface area (Å²) in [5.41, 5.74) is 6.73. The van der Waals surface area contributed by atoms with Crippen molar-refractivity contribution >= 4 is 27.6 Å². The van der Waals surface area contributed by atoms with Crippen molar-refractivity contribution in [3.63, 3.8) is 0 Å². The van der Waals surface area contributed by atoms with Gasteiger partial charge in [-0.25, -0.2) is 4.39 Å². The van der Waals surface area contributed by atoms with E-state index in [2.05, 4.69) is 25.4 Å². The van der Waals surface area contributed by atoms with E-state index >= 15 is 0 Å². The Morgan fingerprint density at radius 2 is 1.84 bits per heavy atom. The Morgan fingerprint density at radius 3 is 2.71 bits per heavy atom. The molecule has 8 heteroatoms. The number of hydrogen-bond acceptors (Lipinski definition) is 5. The van der Waals surface area contributed by atoms with Crippen LogP contribution in [0.2, 0.25) is 0 Å². The second-order valence-corrected chi connectivity index (χ2v) is 9.21. The van der Waals surface area contributed by atoms with E-state index in [9.17, 15) is 9.18 Å². The standard InChI is InChI=1S/C30H25FN6O/c1-37-18-25(28(36-37)19-6-8-21(31)9-7-19)22-10-13-32-16-20(22)17-33-14-12-27(38)30-29-24(11-15-34-30)23-4-2-3-5-26(23)35-29/h2-11,13,15-16,18,33,35H,12,14,17H2,1H3. The predicted molar refractivity (Wildman–Crippen MR) is 146 cm³/mol. The zero-order valence-electron chi connectivity index (χ0n) is 20.8. The smallest absolute Gasteiger partial charge is 0.184 e. The monoisotopic (exact) mass is 504 g/mol. The van der Waals surface area contributed by atoms with Crippen LogP contribution in [0.15, 0.2) is 85.5 Å². The molecule has 0 aliphatic heterocycles. The lowest BCUT2D eigenvalue weighted by atomic mass is 9.99. The number of pyridine rings is 2. The van der Waals surface area contributed by atoms with Crippen LogP contribution >= 0.6 is 0 Å². The van der Waals surface area contributed by atoms with E-state index in [1.807, 2.05) is 55.8 Å². The third kappa shape index (κ3) is 4.46. The van der Waals surface area contributed by atoms with E-state index < -0.39 is 0 Å². The number of aromatic nitrogens is 5. The Labute approximate surface area is 218 Å². The Hall–Kier alpha value is -4.69. The Bertz CT molecular complexity index is 1770. The van der Waals surface area contributed by atoms with E-state index in [-0.39, 0.29) is 11.6 Å². The molecular formula is C30H25FN6O. The highest BCUT2D eigenvalue weighted by Crippen LogP contribution is 2.33. The molecule has 0 fully saturated rings. The molecule has 0 aliphatic carbocycles. The number of aryl methyl sites for hydroxylation is 1. The SMILES string of the molecule is Cn1cc(-c2ccncc2CNCCC(=O)c2nccc3c2[nH]c2ccccc23)c(-c2ccc(F)cc2)n1. The normalized spacial score (nSPS) is 11.4. The van der Waals surface area contributed by atoms with Crippen LogP contribution in [-0.4, -0.2) is 37.1 Å². The number of ketones is 1. The molecule has 7 nitrogen and oxygen atoms in total. The summed E-state index contributed by atoms with van der Waals surface area (Å²) in [4.78, 5) is 25.1. The van der Waals surface area contributed by atoms with Crippen LogP contribution in [0.5, 0.6) is 0 Å². The van der Waals surface area contributed by atoms with Crippen molar-refractivity contribution in [2.24, 2.45) is 7.05 Å². The minimum absolute atomic E-state index is 0.0214. The number of H-pyrrole nitrogens is 1. The molecule has 0 saturated carbocycles. The molecule has 0 spiro atoms. The topological polar surface area (TPSA) is 88.5 Å². The van der Waals surface area contributed by atoms with E-state index in [1.165, 1.54) is 12.1 Å². The van der Waals surface area contributed by atoms with Crippen molar-refractivity contribution in [1.29, 1.82) is 0 Å². The minimum atomic E-state index is -0.287. The molecular weight excluding hydrogens is 479 g/mol. The van der Waals surface area contributed by atoms with Gasteiger partial charge in [-0.1, -0.05) is 18.2 Å². The molecule has 188 valence electrons. The molecule has 4 heterocycles. The first-order valence-corrected chi connectivity index (χ1v) is 12.4. The van der Waals surface area contributed by atoms with Gasteiger partial charge in [-0.2, -0.15) is 5.10 Å². The van der Waals surface area contributed by atoms with Crippen LogP contribution in [0.3, 0.4) is 0 Å². The largest absolute Gasteiger partial charge is 0.353 e. The summed E-state index contributed by atoms with van der Waals surface area (Å²) >= 11 is 0. The molecule has 0 aliphatic rings. The van der Waals surface area contributed by atoms with Crippen LogP contribution in [0.1, 0.15) is 22.5 Å². The fourth-order valence-corrected chi connectivity index (χ4v) is 4.87. The first kappa shape index (κ1) is 23.7. The third-order valence-electron chi connectivity index (χ3n) is 6.68. The summed E-state index contributed by atoms with van der Waals surface area (Å²) in [6, 6.07) is 18.2. The maximum Gasteiger partial charge on any atom is 0.184 e. The summed E-state index contributed by atoms with van der Waals surface area (Å²) in [7, 11) is 1.86. The van der Waals surface area contributed by atoms with Crippen molar-refractivity contribution in [2.45, 2.75) is 13.0 Å². The number of fused-ring (bicyclic) bond motifs is 3. The zero-order chi connectivity index (χ0) is 26.1. The number of Topliss-reactive ketones (excluding diaryl/α,β-unsaturated/α-hetero) is 1. The second-order valence-electron chi connectivity index (χ2n) is 9.21. The molecule has 0 radical (unpaired) electrons. The van der Waals surface area contributed by atoms with Crippen LogP contribution in [0.25, 0.3) is 44.2 Å². The molecule has 0 bridgehead atoms. The first-order chi connectivity index (χ1) is 18.6. The Morgan fingerprint density at radius 1 is 1.00 bits per heavy atom. The summed E-state index contributed by atoms with van der Waals surface area (Å²) in [5.74, 6) is -0.308. The lowest BCUT2D eigenvalue weighted by Gasteiger charge is -2.11. The highest BCUT2D eigenvalue weighted by molar-refractivity contribution is 6.14. The highest BCUT2D eigenvalue weighted by atomic mass is 19.1. The number of hydrogen-bond donors (Lipinski definition) is 2. The average molecular weight is 505 g/mol. The molecule has 2 N–H and O–H groups in total. The molecule has 0 saturated heterocycles. The van der Waals surface area contributed by atoms with Gasteiger partial charge in [0.15, 0.2) is 5.78 Å². The molecule has 6 aromatic rings. The second kappa shape index (κ2) is 9.99. The van der Waals surface area contributed by atoms with Gasteiger partial charge in [0.25, 0.3) is 0 Å². The third-order valence-corrected chi connectivity index (χ3v) is 6.68. The van der Waals surface area contributed by atoms with Crippen LogP contribution in [0.4, 0.5) is 4.39 Å². The number of rotatable bonds is 8. The number of halogens is 1. The number of nitrogens with zero attached hydrogens (tertiary/aromatic N) is 4.